The van der Waals surface area contributed by atoms with Crippen molar-refractivity contribution < 1.29 is 42.9 Å². The summed E-state index contributed by atoms with van der Waals surface area (Å²) in [7, 11) is 0. The van der Waals surface area contributed by atoms with Crippen LogP contribution in [0.4, 0.5) is 11.4 Å². The van der Waals surface area contributed by atoms with Gasteiger partial charge in [0.15, 0.2) is 0 Å². The Bertz CT molecular complexity index is 1420. The van der Waals surface area contributed by atoms with Gasteiger partial charge in [0.2, 0.25) is 29.5 Å². The Morgan fingerprint density at radius 1 is 0.686 bits per heavy atom. The predicted molar refractivity (Wildman–Crippen MR) is 194 cm³/mol. The molecule has 1 atom stereocenters. The van der Waals surface area contributed by atoms with Crippen molar-refractivity contribution >= 4 is 40.9 Å². The van der Waals surface area contributed by atoms with E-state index in [9.17, 15) is 24.0 Å². The summed E-state index contributed by atoms with van der Waals surface area (Å²) in [6, 6.07) is 10.9. The lowest BCUT2D eigenvalue weighted by Gasteiger charge is -2.14. The zero-order chi connectivity index (χ0) is 37.4. The quantitative estimate of drug-likeness (QED) is 0.0612. The molecule has 0 bridgehead atoms. The molecule has 2 rings (SSSR count). The SMILES string of the molecule is CC(=O)NC(CCCCNC(=O)CCOCCOCCOCCOCCC(=O)NCC(=O)Nc1ccc(-c2ccc(N)c(C)c2)cc1C)C(N)=O. The van der Waals surface area contributed by atoms with Gasteiger partial charge >= 0.3 is 0 Å². The second-order valence-electron chi connectivity index (χ2n) is 11.9. The summed E-state index contributed by atoms with van der Waals surface area (Å²) in [5.41, 5.74) is 16.6. The van der Waals surface area contributed by atoms with Gasteiger partial charge in [-0.2, -0.15) is 0 Å². The number of anilines is 2. The van der Waals surface area contributed by atoms with Crippen LogP contribution in [0.25, 0.3) is 11.1 Å². The molecule has 0 radical (unpaired) electrons. The number of benzene rings is 2. The van der Waals surface area contributed by atoms with Crippen molar-refractivity contribution in [3.05, 3.63) is 47.5 Å². The molecule has 15 nitrogen and oxygen atoms in total. The summed E-state index contributed by atoms with van der Waals surface area (Å²) in [4.78, 5) is 58.8. The van der Waals surface area contributed by atoms with E-state index in [1.54, 1.807) is 0 Å². The molecule has 0 fully saturated rings. The van der Waals surface area contributed by atoms with Crippen molar-refractivity contribution in [3.63, 3.8) is 0 Å². The van der Waals surface area contributed by atoms with E-state index in [0.29, 0.717) is 71.1 Å². The maximum absolute atomic E-state index is 12.4. The van der Waals surface area contributed by atoms with Crippen LogP contribution in [-0.4, -0.2) is 102 Å². The average Bonchev–Trinajstić information content (AvgIpc) is 3.08. The average molecular weight is 715 g/mol. The lowest BCUT2D eigenvalue weighted by Crippen LogP contribution is -2.43. The predicted octanol–water partition coefficient (Wildman–Crippen LogP) is 1.73. The highest BCUT2D eigenvalue weighted by Crippen LogP contribution is 2.27. The summed E-state index contributed by atoms with van der Waals surface area (Å²) < 4.78 is 21.7. The number of unbranched alkanes of at least 4 members (excludes halogenated alkanes) is 1. The minimum atomic E-state index is -0.700. The number of aryl methyl sites for hydroxylation is 2. The lowest BCUT2D eigenvalue weighted by molar-refractivity contribution is -0.126. The first-order valence-corrected chi connectivity index (χ1v) is 17.1. The van der Waals surface area contributed by atoms with E-state index in [1.807, 2.05) is 50.2 Å². The number of amides is 5. The zero-order valence-corrected chi connectivity index (χ0v) is 30.0. The van der Waals surface area contributed by atoms with Crippen LogP contribution in [0.5, 0.6) is 0 Å². The van der Waals surface area contributed by atoms with Crippen molar-refractivity contribution in [1.29, 1.82) is 0 Å². The molecule has 2 aromatic rings. The normalized spacial score (nSPS) is 11.4. The summed E-state index contributed by atoms with van der Waals surface area (Å²) in [5, 5.41) is 10.7. The number of carbonyl (C=O) groups excluding carboxylic acids is 5. The van der Waals surface area contributed by atoms with Crippen molar-refractivity contribution in [3.8, 4) is 11.1 Å². The summed E-state index contributed by atoms with van der Waals surface area (Å²) >= 11 is 0. The zero-order valence-electron chi connectivity index (χ0n) is 30.0. The maximum Gasteiger partial charge on any atom is 0.243 e. The molecule has 2 aromatic carbocycles. The van der Waals surface area contributed by atoms with E-state index in [4.69, 9.17) is 30.4 Å². The topological polar surface area (TPSA) is 222 Å². The standard InChI is InChI=1S/C36H54N6O9/c1-25-22-28(7-9-30(25)37)29-8-10-31(26(2)23-29)42-35(46)24-40-34(45)12-15-49-17-19-51-21-20-50-18-16-48-14-11-33(44)39-13-5-4-6-32(36(38)47)41-27(3)43/h7-10,22-23,32H,4-6,11-21,24,37H2,1-3H3,(H2,38,47)(H,39,44)(H,40,45)(H,41,43)(H,42,46). The third-order valence-electron chi connectivity index (χ3n) is 7.58. The maximum atomic E-state index is 12.4. The van der Waals surface area contributed by atoms with Gasteiger partial charge in [-0.05, 0) is 79.6 Å². The van der Waals surface area contributed by atoms with E-state index in [2.05, 4.69) is 21.3 Å². The number of nitrogens with one attached hydrogen (secondary N) is 4. The molecule has 15 heteroatoms. The molecule has 282 valence electrons. The van der Waals surface area contributed by atoms with Crippen LogP contribution in [0.1, 0.15) is 50.2 Å². The van der Waals surface area contributed by atoms with E-state index in [-0.39, 0.29) is 56.2 Å². The van der Waals surface area contributed by atoms with E-state index in [0.717, 1.165) is 27.9 Å². The second-order valence-corrected chi connectivity index (χ2v) is 11.9. The molecule has 0 aromatic heterocycles. The second kappa shape index (κ2) is 24.6. The molecule has 0 aliphatic heterocycles. The van der Waals surface area contributed by atoms with Gasteiger partial charge in [-0.1, -0.05) is 12.1 Å². The van der Waals surface area contributed by atoms with Crippen LogP contribution in [0.15, 0.2) is 36.4 Å². The van der Waals surface area contributed by atoms with Crippen LogP contribution >= 0.6 is 0 Å². The van der Waals surface area contributed by atoms with E-state index in [1.165, 1.54) is 6.92 Å². The Morgan fingerprint density at radius 3 is 1.75 bits per heavy atom. The molecule has 5 amide bonds. The lowest BCUT2D eigenvalue weighted by atomic mass is 10.00. The first kappa shape index (κ1) is 42.6. The van der Waals surface area contributed by atoms with E-state index < -0.39 is 11.9 Å². The molecule has 8 N–H and O–H groups in total. The summed E-state index contributed by atoms with van der Waals surface area (Å²) in [6.07, 6.45) is 2.04. The first-order chi connectivity index (χ1) is 24.5. The number of nitrogens with two attached hydrogens (primary N) is 2. The van der Waals surface area contributed by atoms with Crippen LogP contribution in [0, 0.1) is 13.8 Å². The van der Waals surface area contributed by atoms with Crippen molar-refractivity contribution in [2.45, 2.75) is 58.9 Å². The van der Waals surface area contributed by atoms with Crippen molar-refractivity contribution in [2.75, 3.05) is 77.0 Å². The minimum Gasteiger partial charge on any atom is -0.399 e. The molecule has 0 spiro atoms. The molecular formula is C36H54N6O9. The number of primary amides is 1. The smallest absolute Gasteiger partial charge is 0.243 e. The van der Waals surface area contributed by atoms with Crippen molar-refractivity contribution in [2.24, 2.45) is 5.73 Å². The molecule has 1 unspecified atom stereocenters. The molecule has 0 heterocycles. The highest BCUT2D eigenvalue weighted by atomic mass is 16.6. The van der Waals surface area contributed by atoms with Crippen molar-refractivity contribution in [1.82, 2.24) is 16.0 Å². The van der Waals surface area contributed by atoms with Crippen LogP contribution < -0.4 is 32.7 Å². The van der Waals surface area contributed by atoms with Gasteiger partial charge in [0.05, 0.1) is 59.4 Å². The molecule has 0 aliphatic carbocycles. The summed E-state index contributed by atoms with van der Waals surface area (Å²) in [5.74, 6) is -1.64. The number of rotatable bonds is 26. The first-order valence-electron chi connectivity index (χ1n) is 17.1. The number of hydrogen-bond donors (Lipinski definition) is 6. The highest BCUT2D eigenvalue weighted by Gasteiger charge is 2.15. The highest BCUT2D eigenvalue weighted by molar-refractivity contribution is 5.95. The fraction of sp³-hybridized carbons (Fsp3) is 0.528. The summed E-state index contributed by atoms with van der Waals surface area (Å²) in [6.45, 7) is 8.08. The Balaban J connectivity index is 1.39. The van der Waals surface area contributed by atoms with Crippen LogP contribution in [-0.2, 0) is 42.9 Å². The van der Waals surface area contributed by atoms with Gasteiger partial charge in [0.1, 0.15) is 6.04 Å². The number of ether oxygens (including phenoxy) is 4. The Hall–Kier alpha value is -4.57. The fourth-order valence-corrected chi connectivity index (χ4v) is 4.71. The van der Waals surface area contributed by atoms with Gasteiger partial charge in [0.25, 0.3) is 0 Å². The molecule has 0 saturated carbocycles. The Morgan fingerprint density at radius 2 is 1.22 bits per heavy atom. The van der Waals surface area contributed by atoms with Gasteiger partial charge in [0, 0.05) is 37.7 Å². The van der Waals surface area contributed by atoms with Crippen LogP contribution in [0.2, 0.25) is 0 Å². The Kier molecular flexibility index (Phi) is 20.5. The minimum absolute atomic E-state index is 0.118. The fourth-order valence-electron chi connectivity index (χ4n) is 4.71. The number of carbonyl (C=O) groups is 5. The molecule has 0 aliphatic rings. The number of nitrogen functional groups attached to an aromatic ring is 1. The third kappa shape index (κ3) is 18.8. The van der Waals surface area contributed by atoms with Gasteiger partial charge in [-0.25, -0.2) is 0 Å². The monoisotopic (exact) mass is 714 g/mol. The van der Waals surface area contributed by atoms with Crippen LogP contribution in [0.3, 0.4) is 0 Å². The molecule has 51 heavy (non-hydrogen) atoms. The van der Waals surface area contributed by atoms with Gasteiger partial charge in [-0.3, -0.25) is 24.0 Å². The van der Waals surface area contributed by atoms with Gasteiger partial charge in [-0.15, -0.1) is 0 Å². The molecular weight excluding hydrogens is 660 g/mol. The third-order valence-corrected chi connectivity index (χ3v) is 7.58. The van der Waals surface area contributed by atoms with Gasteiger partial charge < -0.3 is 51.7 Å². The Labute approximate surface area is 299 Å². The number of hydrogen-bond acceptors (Lipinski definition) is 10. The molecule has 0 saturated heterocycles. The van der Waals surface area contributed by atoms with E-state index >= 15 is 0 Å². The largest absolute Gasteiger partial charge is 0.399 e.